The van der Waals surface area contributed by atoms with Crippen LogP contribution in [0.25, 0.3) is 0 Å². The van der Waals surface area contributed by atoms with Gasteiger partial charge in [-0.1, -0.05) is 0 Å². The summed E-state index contributed by atoms with van der Waals surface area (Å²) in [7, 11) is 1.34. The van der Waals surface area contributed by atoms with E-state index in [0.717, 1.165) is 0 Å². The van der Waals surface area contributed by atoms with Gasteiger partial charge in [-0.2, -0.15) is 0 Å². The van der Waals surface area contributed by atoms with Crippen LogP contribution in [0.4, 0.5) is 0 Å². The van der Waals surface area contributed by atoms with Crippen molar-refractivity contribution in [2.75, 3.05) is 20.3 Å². The second-order valence-corrected chi connectivity index (χ2v) is 4.76. The molecule has 118 valence electrons. The van der Waals surface area contributed by atoms with Crippen LogP contribution >= 0.6 is 0 Å². The molecule has 0 aliphatic carbocycles. The molecule has 0 amide bonds. The number of methoxy groups -OCH3 is 1. The summed E-state index contributed by atoms with van der Waals surface area (Å²) in [5.74, 6) is 0. The minimum atomic E-state index is -1.47. The Bertz CT molecular complexity index is 314. The summed E-state index contributed by atoms with van der Waals surface area (Å²) in [6.07, 6.45) is -8.69. The maximum absolute atomic E-state index is 9.85. The van der Waals surface area contributed by atoms with Crippen molar-refractivity contribution in [3.63, 3.8) is 0 Å². The lowest BCUT2D eigenvalue weighted by molar-refractivity contribution is -0.218. The van der Waals surface area contributed by atoms with Crippen molar-refractivity contribution in [1.29, 1.82) is 0 Å². The summed E-state index contributed by atoms with van der Waals surface area (Å²) in [4.78, 5) is 0. The van der Waals surface area contributed by atoms with Gasteiger partial charge in [-0.3, -0.25) is 0 Å². The normalized spacial score (nSPS) is 48.9. The predicted molar refractivity (Wildman–Crippen MR) is 61.4 cm³/mol. The summed E-state index contributed by atoms with van der Waals surface area (Å²) in [5, 5.41) is 47.2. The van der Waals surface area contributed by atoms with Crippen molar-refractivity contribution in [2.24, 2.45) is 0 Å². The SMILES string of the molecule is CO[C@@H]1[C@@H](O[C@H]2[C@H](O)[C@@H](O)O[C@@H]2CO)O[C@H](CO)[C@H]1O. The molecule has 9 nitrogen and oxygen atoms in total. The van der Waals surface area contributed by atoms with Crippen LogP contribution in [0, 0.1) is 0 Å². The second-order valence-electron chi connectivity index (χ2n) is 4.76. The maximum atomic E-state index is 9.85. The average Bonchev–Trinajstić information content (AvgIpc) is 2.89. The van der Waals surface area contributed by atoms with Crippen molar-refractivity contribution in [1.82, 2.24) is 0 Å². The highest BCUT2D eigenvalue weighted by Gasteiger charge is 2.50. The number of rotatable bonds is 5. The van der Waals surface area contributed by atoms with Gasteiger partial charge < -0.3 is 44.5 Å². The van der Waals surface area contributed by atoms with Gasteiger partial charge >= 0.3 is 0 Å². The molecule has 0 radical (unpaired) electrons. The van der Waals surface area contributed by atoms with Crippen LogP contribution in [0.2, 0.25) is 0 Å². The van der Waals surface area contributed by atoms with E-state index >= 15 is 0 Å². The summed E-state index contributed by atoms with van der Waals surface area (Å²) >= 11 is 0. The fourth-order valence-electron chi connectivity index (χ4n) is 2.40. The molecule has 8 atom stereocenters. The molecule has 9 heteroatoms. The first-order valence-electron chi connectivity index (χ1n) is 6.28. The van der Waals surface area contributed by atoms with E-state index in [2.05, 4.69) is 0 Å². The zero-order valence-corrected chi connectivity index (χ0v) is 10.9. The van der Waals surface area contributed by atoms with Crippen LogP contribution in [-0.4, -0.2) is 95.1 Å². The lowest BCUT2D eigenvalue weighted by atomic mass is 10.1. The van der Waals surface area contributed by atoms with Gasteiger partial charge in [-0.25, -0.2) is 0 Å². The van der Waals surface area contributed by atoms with Gasteiger partial charge in [-0.05, 0) is 0 Å². The molecule has 2 rings (SSSR count). The predicted octanol–water partition coefficient (Wildman–Crippen LogP) is -3.46. The van der Waals surface area contributed by atoms with Gasteiger partial charge in [-0.15, -0.1) is 0 Å². The van der Waals surface area contributed by atoms with Gasteiger partial charge in [0.1, 0.15) is 36.6 Å². The fraction of sp³-hybridized carbons (Fsp3) is 1.00. The Balaban J connectivity index is 2.04. The first-order chi connectivity index (χ1) is 9.53. The third kappa shape index (κ3) is 2.82. The van der Waals surface area contributed by atoms with Crippen molar-refractivity contribution in [3.05, 3.63) is 0 Å². The lowest BCUT2D eigenvalue weighted by Crippen LogP contribution is -2.44. The first kappa shape index (κ1) is 16.0. The van der Waals surface area contributed by atoms with E-state index in [1.165, 1.54) is 7.11 Å². The Morgan fingerprint density at radius 2 is 1.55 bits per heavy atom. The van der Waals surface area contributed by atoms with E-state index in [0.29, 0.717) is 0 Å². The molecule has 0 aromatic carbocycles. The molecule has 0 bridgehead atoms. The first-order valence-corrected chi connectivity index (χ1v) is 6.28. The van der Waals surface area contributed by atoms with Crippen LogP contribution in [0.15, 0.2) is 0 Å². The van der Waals surface area contributed by atoms with Gasteiger partial charge in [0.15, 0.2) is 12.6 Å². The van der Waals surface area contributed by atoms with E-state index < -0.39 is 62.4 Å². The largest absolute Gasteiger partial charge is 0.394 e. The standard InChI is InChI=1S/C11H20O9/c1-17-9-6(14)4(2-12)19-11(9)20-8-5(3-13)18-10(16)7(8)15/h4-16H,2-3H2,1H3/t4-,5-,6-,7+,8-,9+,10+,11-/m1/s1. The number of hydrogen-bond acceptors (Lipinski definition) is 9. The smallest absolute Gasteiger partial charge is 0.187 e. The lowest BCUT2D eigenvalue weighted by Gasteiger charge is -2.26. The summed E-state index contributed by atoms with van der Waals surface area (Å²) in [6.45, 7) is -0.883. The van der Waals surface area contributed by atoms with Gasteiger partial charge in [0, 0.05) is 7.11 Å². The Morgan fingerprint density at radius 3 is 2.10 bits per heavy atom. The van der Waals surface area contributed by atoms with Crippen LogP contribution in [0.3, 0.4) is 0 Å². The van der Waals surface area contributed by atoms with Gasteiger partial charge in [0.25, 0.3) is 0 Å². The number of aliphatic hydroxyl groups is 5. The van der Waals surface area contributed by atoms with Crippen LogP contribution in [-0.2, 0) is 18.9 Å². The van der Waals surface area contributed by atoms with E-state index in [1.807, 2.05) is 0 Å². The molecular formula is C11H20O9. The molecule has 2 saturated heterocycles. The Labute approximate surface area is 115 Å². The molecule has 0 saturated carbocycles. The van der Waals surface area contributed by atoms with E-state index in [1.54, 1.807) is 0 Å². The van der Waals surface area contributed by atoms with Crippen LogP contribution in [0.5, 0.6) is 0 Å². The van der Waals surface area contributed by atoms with Crippen LogP contribution in [0.1, 0.15) is 0 Å². The van der Waals surface area contributed by atoms with Crippen LogP contribution < -0.4 is 0 Å². The van der Waals surface area contributed by atoms with Crippen molar-refractivity contribution < 1.29 is 44.5 Å². The van der Waals surface area contributed by atoms with Crippen molar-refractivity contribution in [3.8, 4) is 0 Å². The highest BCUT2D eigenvalue weighted by Crippen LogP contribution is 2.30. The average molecular weight is 296 g/mol. The topological polar surface area (TPSA) is 138 Å². The highest BCUT2D eigenvalue weighted by molar-refractivity contribution is 4.92. The Hall–Kier alpha value is -0.360. The van der Waals surface area contributed by atoms with Gasteiger partial charge in [0.2, 0.25) is 0 Å². The maximum Gasteiger partial charge on any atom is 0.187 e. The molecule has 2 heterocycles. The molecule has 2 aliphatic heterocycles. The minimum absolute atomic E-state index is 0.420. The third-order valence-electron chi connectivity index (χ3n) is 3.53. The molecule has 2 aliphatic rings. The molecule has 0 unspecified atom stereocenters. The molecule has 20 heavy (non-hydrogen) atoms. The fourth-order valence-corrected chi connectivity index (χ4v) is 2.40. The monoisotopic (exact) mass is 296 g/mol. The van der Waals surface area contributed by atoms with E-state index in [9.17, 15) is 15.3 Å². The second kappa shape index (κ2) is 6.60. The zero-order valence-electron chi connectivity index (χ0n) is 10.9. The third-order valence-corrected chi connectivity index (χ3v) is 3.53. The molecular weight excluding hydrogens is 276 g/mol. The number of hydrogen-bond donors (Lipinski definition) is 5. The quantitative estimate of drug-likeness (QED) is 0.350. The van der Waals surface area contributed by atoms with E-state index in [-0.39, 0.29) is 0 Å². The summed E-state index contributed by atoms with van der Waals surface area (Å²) in [5.41, 5.74) is 0. The number of ether oxygens (including phenoxy) is 4. The molecule has 5 N–H and O–H groups in total. The highest BCUT2D eigenvalue weighted by atomic mass is 16.7. The van der Waals surface area contributed by atoms with Crippen molar-refractivity contribution >= 4 is 0 Å². The summed E-state index contributed by atoms with van der Waals surface area (Å²) in [6, 6.07) is 0. The van der Waals surface area contributed by atoms with E-state index in [4.69, 9.17) is 29.2 Å². The number of aliphatic hydroxyl groups excluding tert-OH is 5. The molecule has 0 aromatic rings. The minimum Gasteiger partial charge on any atom is -0.394 e. The summed E-state index contributed by atoms with van der Waals surface area (Å²) < 4.78 is 20.7. The zero-order chi connectivity index (χ0) is 14.9. The molecule has 2 fully saturated rings. The van der Waals surface area contributed by atoms with Gasteiger partial charge in [0.05, 0.1) is 13.2 Å². The molecule has 0 aromatic heterocycles. The van der Waals surface area contributed by atoms with Crippen molar-refractivity contribution in [2.45, 2.75) is 49.2 Å². The Kier molecular flexibility index (Phi) is 5.29. The Morgan fingerprint density at radius 1 is 0.900 bits per heavy atom. The molecule has 0 spiro atoms.